The predicted molar refractivity (Wildman–Crippen MR) is 126 cm³/mol. The lowest BCUT2D eigenvalue weighted by atomic mass is 10.2. The molecule has 0 saturated carbocycles. The maximum atomic E-state index is 11.2. The Morgan fingerprint density at radius 3 is 2.45 bits per heavy atom. The van der Waals surface area contributed by atoms with Crippen molar-refractivity contribution in [3.05, 3.63) is 41.6 Å². The molecule has 0 fully saturated rings. The van der Waals surface area contributed by atoms with Crippen LogP contribution in [0.2, 0.25) is 0 Å². The molecule has 3 rings (SSSR count). The molecule has 0 radical (unpaired) electrons. The topological polar surface area (TPSA) is 98.8 Å². The van der Waals surface area contributed by atoms with Gasteiger partial charge in [0.25, 0.3) is 0 Å². The van der Waals surface area contributed by atoms with Gasteiger partial charge in [-0.25, -0.2) is 9.97 Å². The number of benzene rings is 1. The summed E-state index contributed by atoms with van der Waals surface area (Å²) in [4.78, 5) is 24.1. The molecule has 2 aromatic heterocycles. The molecule has 0 atom stereocenters. The number of nitrogens with one attached hydrogen (secondary N) is 3. The van der Waals surface area contributed by atoms with Crippen LogP contribution in [-0.4, -0.2) is 38.7 Å². The minimum Gasteiger partial charge on any atom is -0.354 e. The fraction of sp³-hybridized carbons (Fsp3) is 0.364. The van der Waals surface area contributed by atoms with Gasteiger partial charge in [0.05, 0.1) is 0 Å². The van der Waals surface area contributed by atoms with Crippen molar-refractivity contribution < 1.29 is 4.79 Å². The number of carbonyl (C=O) groups is 1. The first-order valence-corrected chi connectivity index (χ1v) is 11.1. The fourth-order valence-electron chi connectivity index (χ4n) is 3.21. The molecule has 164 valence electrons. The number of H-pyrrole nitrogens is 1. The molecule has 2 heterocycles. The molecule has 3 N–H and O–H groups in total. The van der Waals surface area contributed by atoms with Crippen LogP contribution in [0.4, 0.5) is 23.1 Å². The van der Waals surface area contributed by atoms with E-state index in [2.05, 4.69) is 46.5 Å². The highest BCUT2D eigenvalue weighted by molar-refractivity contribution is 7.99. The van der Waals surface area contributed by atoms with E-state index in [1.807, 2.05) is 44.2 Å². The fourth-order valence-corrected chi connectivity index (χ4v) is 3.96. The Hall–Kier alpha value is -3.07. The number of anilines is 4. The van der Waals surface area contributed by atoms with E-state index in [4.69, 9.17) is 9.97 Å². The summed E-state index contributed by atoms with van der Waals surface area (Å²) in [5, 5.41) is 14.0. The summed E-state index contributed by atoms with van der Waals surface area (Å²) in [5.74, 6) is 2.26. The highest BCUT2D eigenvalue weighted by Gasteiger charge is 2.19. The first kappa shape index (κ1) is 22.6. The van der Waals surface area contributed by atoms with Crippen LogP contribution in [0.5, 0.6) is 0 Å². The maximum Gasteiger partial charge on any atom is 0.221 e. The second-order valence-electron chi connectivity index (χ2n) is 7.55. The van der Waals surface area contributed by atoms with Crippen molar-refractivity contribution in [1.29, 1.82) is 0 Å². The minimum atomic E-state index is -0.0930. The smallest absolute Gasteiger partial charge is 0.221 e. The zero-order chi connectivity index (χ0) is 22.5. The summed E-state index contributed by atoms with van der Waals surface area (Å²) in [5.41, 5.74) is 2.71. The van der Waals surface area contributed by atoms with Crippen LogP contribution < -0.4 is 15.5 Å². The monoisotopic (exact) mass is 439 g/mol. The Balaban J connectivity index is 1.96. The van der Waals surface area contributed by atoms with Crippen LogP contribution in [-0.2, 0) is 4.79 Å². The van der Waals surface area contributed by atoms with Crippen LogP contribution in [0.25, 0.3) is 0 Å². The average Bonchev–Trinajstić information content (AvgIpc) is 3.11. The normalized spacial score (nSPS) is 10.9. The third-order valence-corrected chi connectivity index (χ3v) is 5.54. The molecular formula is C22H29N7OS. The van der Waals surface area contributed by atoms with Crippen molar-refractivity contribution in [3.63, 3.8) is 0 Å². The number of aromatic amines is 1. The number of carbonyl (C=O) groups excluding carboxylic acids is 1. The van der Waals surface area contributed by atoms with Crippen molar-refractivity contribution in [2.75, 3.05) is 22.1 Å². The van der Waals surface area contributed by atoms with Crippen LogP contribution in [0.1, 0.15) is 39.0 Å². The first-order chi connectivity index (χ1) is 14.8. The molecule has 0 unspecified atom stereocenters. The molecule has 9 heteroatoms. The number of aromatic nitrogens is 4. The number of hydrogen-bond acceptors (Lipinski definition) is 7. The standard InChI is InChI=1S/C22H29N7OS/c1-7-29(13(2)3)21-15(5)20(24-19-12-14(4)27-28-19)25-22(26-21)31-18-10-8-17(9-11-18)23-16(6)30/h8-13H,7H2,1-6H3,(H,23,30)(H2,24,25,26,27,28). The van der Waals surface area contributed by atoms with Crippen LogP contribution >= 0.6 is 11.8 Å². The van der Waals surface area contributed by atoms with Gasteiger partial charge in [0.15, 0.2) is 11.0 Å². The molecule has 0 saturated heterocycles. The Kier molecular flexibility index (Phi) is 7.17. The number of hydrogen-bond donors (Lipinski definition) is 3. The number of aryl methyl sites for hydroxylation is 1. The lowest BCUT2D eigenvalue weighted by molar-refractivity contribution is -0.114. The second-order valence-corrected chi connectivity index (χ2v) is 8.59. The first-order valence-electron chi connectivity index (χ1n) is 10.3. The summed E-state index contributed by atoms with van der Waals surface area (Å²) >= 11 is 1.48. The molecule has 0 aliphatic rings. The Bertz CT molecular complexity index is 1050. The van der Waals surface area contributed by atoms with E-state index in [0.29, 0.717) is 17.0 Å². The summed E-state index contributed by atoms with van der Waals surface area (Å²) in [6.45, 7) is 12.8. The average molecular weight is 440 g/mol. The molecule has 3 aromatic rings. The van der Waals surface area contributed by atoms with Crippen molar-refractivity contribution in [1.82, 2.24) is 20.2 Å². The van der Waals surface area contributed by atoms with E-state index in [1.54, 1.807) is 0 Å². The summed E-state index contributed by atoms with van der Waals surface area (Å²) in [7, 11) is 0. The van der Waals surface area contributed by atoms with Gasteiger partial charge in [-0.15, -0.1) is 0 Å². The van der Waals surface area contributed by atoms with Gasteiger partial charge in [0, 0.05) is 47.4 Å². The molecule has 0 bridgehead atoms. The van der Waals surface area contributed by atoms with E-state index in [9.17, 15) is 4.79 Å². The maximum absolute atomic E-state index is 11.2. The second kappa shape index (κ2) is 9.82. The van der Waals surface area contributed by atoms with Crippen molar-refractivity contribution >= 4 is 40.8 Å². The van der Waals surface area contributed by atoms with Gasteiger partial charge in [0.2, 0.25) is 5.91 Å². The van der Waals surface area contributed by atoms with Gasteiger partial charge in [-0.1, -0.05) is 0 Å². The van der Waals surface area contributed by atoms with Gasteiger partial charge < -0.3 is 15.5 Å². The Morgan fingerprint density at radius 2 is 1.90 bits per heavy atom. The molecule has 1 aromatic carbocycles. The summed E-state index contributed by atoms with van der Waals surface area (Å²) < 4.78 is 0. The zero-order valence-electron chi connectivity index (χ0n) is 18.8. The summed E-state index contributed by atoms with van der Waals surface area (Å²) in [6.07, 6.45) is 0. The molecule has 1 amide bonds. The molecular weight excluding hydrogens is 410 g/mol. The molecule has 0 aliphatic heterocycles. The lowest BCUT2D eigenvalue weighted by Gasteiger charge is -2.28. The Labute approximate surface area is 187 Å². The highest BCUT2D eigenvalue weighted by Crippen LogP contribution is 2.33. The molecule has 31 heavy (non-hydrogen) atoms. The van der Waals surface area contributed by atoms with E-state index in [1.165, 1.54) is 18.7 Å². The third-order valence-electron chi connectivity index (χ3n) is 4.67. The van der Waals surface area contributed by atoms with Crippen LogP contribution in [0.15, 0.2) is 40.4 Å². The molecule has 8 nitrogen and oxygen atoms in total. The van der Waals surface area contributed by atoms with E-state index >= 15 is 0 Å². The van der Waals surface area contributed by atoms with E-state index in [0.717, 1.165) is 40.0 Å². The summed E-state index contributed by atoms with van der Waals surface area (Å²) in [6, 6.07) is 9.88. The SMILES string of the molecule is CCN(c1nc(Sc2ccc(NC(C)=O)cc2)nc(Nc2cc(C)[nH]n2)c1C)C(C)C. The minimum absolute atomic E-state index is 0.0930. The lowest BCUT2D eigenvalue weighted by Crippen LogP contribution is -2.32. The van der Waals surface area contributed by atoms with Crippen LogP contribution in [0, 0.1) is 13.8 Å². The quantitative estimate of drug-likeness (QED) is 0.429. The third kappa shape index (κ3) is 5.75. The molecule has 0 spiro atoms. The van der Waals surface area contributed by atoms with Crippen molar-refractivity contribution in [3.8, 4) is 0 Å². The number of rotatable bonds is 8. The van der Waals surface area contributed by atoms with Crippen molar-refractivity contribution in [2.45, 2.75) is 57.6 Å². The number of nitrogens with zero attached hydrogens (tertiary/aromatic N) is 4. The van der Waals surface area contributed by atoms with Crippen molar-refractivity contribution in [2.24, 2.45) is 0 Å². The largest absolute Gasteiger partial charge is 0.354 e. The van der Waals surface area contributed by atoms with Gasteiger partial charge in [-0.2, -0.15) is 5.10 Å². The van der Waals surface area contributed by atoms with Gasteiger partial charge in [-0.05, 0) is 70.6 Å². The number of amides is 1. The van der Waals surface area contributed by atoms with E-state index < -0.39 is 0 Å². The zero-order valence-corrected chi connectivity index (χ0v) is 19.6. The van der Waals surface area contributed by atoms with Gasteiger partial charge >= 0.3 is 0 Å². The van der Waals surface area contributed by atoms with Gasteiger partial charge in [0.1, 0.15) is 11.6 Å². The Morgan fingerprint density at radius 1 is 1.19 bits per heavy atom. The van der Waals surface area contributed by atoms with E-state index in [-0.39, 0.29) is 5.91 Å². The van der Waals surface area contributed by atoms with Crippen LogP contribution in [0.3, 0.4) is 0 Å². The highest BCUT2D eigenvalue weighted by atomic mass is 32.2. The predicted octanol–water partition coefficient (Wildman–Crippen LogP) is 4.90. The van der Waals surface area contributed by atoms with Gasteiger partial charge in [-0.3, -0.25) is 9.89 Å². The molecule has 0 aliphatic carbocycles.